The highest BCUT2D eigenvalue weighted by Crippen LogP contribution is 2.23. The van der Waals surface area contributed by atoms with Crippen molar-refractivity contribution in [1.29, 1.82) is 0 Å². The SMILES string of the molecule is O=C(Nc1cccc(F)c1)c1ccc(NS(=O)(=O)c2ccc(-c3ccccc3)cc2)cc1. The van der Waals surface area contributed by atoms with Crippen molar-refractivity contribution in [2.75, 3.05) is 10.0 Å². The van der Waals surface area contributed by atoms with E-state index in [1.54, 1.807) is 30.3 Å². The molecule has 0 spiro atoms. The van der Waals surface area contributed by atoms with Crippen LogP contribution in [0.4, 0.5) is 15.8 Å². The molecule has 160 valence electrons. The molecule has 0 aliphatic heterocycles. The van der Waals surface area contributed by atoms with Gasteiger partial charge >= 0.3 is 0 Å². The van der Waals surface area contributed by atoms with E-state index in [1.165, 1.54) is 42.5 Å². The van der Waals surface area contributed by atoms with Crippen molar-refractivity contribution >= 4 is 27.3 Å². The summed E-state index contributed by atoms with van der Waals surface area (Å²) in [6.07, 6.45) is 0. The third-order valence-electron chi connectivity index (χ3n) is 4.75. The fourth-order valence-electron chi connectivity index (χ4n) is 3.13. The third-order valence-corrected chi connectivity index (χ3v) is 6.15. The first-order valence-electron chi connectivity index (χ1n) is 9.76. The molecule has 4 rings (SSSR count). The highest BCUT2D eigenvalue weighted by atomic mass is 32.2. The smallest absolute Gasteiger partial charge is 0.261 e. The van der Waals surface area contributed by atoms with Gasteiger partial charge in [0.1, 0.15) is 5.82 Å². The molecule has 0 bridgehead atoms. The predicted octanol–water partition coefficient (Wildman–Crippen LogP) is 5.55. The fourth-order valence-corrected chi connectivity index (χ4v) is 4.19. The van der Waals surface area contributed by atoms with Crippen LogP contribution < -0.4 is 10.0 Å². The van der Waals surface area contributed by atoms with E-state index < -0.39 is 21.7 Å². The van der Waals surface area contributed by atoms with E-state index >= 15 is 0 Å². The first-order valence-corrected chi connectivity index (χ1v) is 11.2. The van der Waals surface area contributed by atoms with E-state index in [9.17, 15) is 17.6 Å². The Bertz CT molecular complexity index is 1340. The Balaban J connectivity index is 1.45. The Morgan fingerprint density at radius 2 is 1.34 bits per heavy atom. The van der Waals surface area contributed by atoms with Gasteiger partial charge in [-0.2, -0.15) is 0 Å². The number of hydrogen-bond acceptors (Lipinski definition) is 3. The van der Waals surface area contributed by atoms with Crippen molar-refractivity contribution in [3.63, 3.8) is 0 Å². The minimum Gasteiger partial charge on any atom is -0.322 e. The molecule has 0 saturated carbocycles. The Morgan fingerprint density at radius 3 is 2.00 bits per heavy atom. The number of halogens is 1. The second-order valence-corrected chi connectivity index (χ2v) is 8.72. The number of sulfonamides is 1. The van der Waals surface area contributed by atoms with Crippen LogP contribution in [-0.2, 0) is 10.0 Å². The van der Waals surface area contributed by atoms with Crippen LogP contribution in [0.1, 0.15) is 10.4 Å². The van der Waals surface area contributed by atoms with Crippen LogP contribution in [-0.4, -0.2) is 14.3 Å². The van der Waals surface area contributed by atoms with Crippen LogP contribution in [0.5, 0.6) is 0 Å². The lowest BCUT2D eigenvalue weighted by Gasteiger charge is -2.10. The number of benzene rings is 4. The Morgan fingerprint density at radius 1 is 0.688 bits per heavy atom. The third kappa shape index (κ3) is 5.01. The van der Waals surface area contributed by atoms with Gasteiger partial charge in [0.15, 0.2) is 0 Å². The molecule has 1 amide bonds. The van der Waals surface area contributed by atoms with E-state index in [0.29, 0.717) is 16.9 Å². The average molecular weight is 447 g/mol. The van der Waals surface area contributed by atoms with Crippen LogP contribution in [0.15, 0.2) is 108 Å². The molecule has 0 saturated heterocycles. The van der Waals surface area contributed by atoms with Crippen LogP contribution in [0.25, 0.3) is 11.1 Å². The van der Waals surface area contributed by atoms with Crippen LogP contribution in [0.2, 0.25) is 0 Å². The summed E-state index contributed by atoms with van der Waals surface area (Å²) in [7, 11) is -3.79. The Hall–Kier alpha value is -3.97. The minimum absolute atomic E-state index is 0.130. The summed E-state index contributed by atoms with van der Waals surface area (Å²) in [5.41, 5.74) is 2.87. The number of carbonyl (C=O) groups excluding carboxylic acids is 1. The zero-order chi connectivity index (χ0) is 22.6. The van der Waals surface area contributed by atoms with Gasteiger partial charge in [-0.05, 0) is 65.7 Å². The largest absolute Gasteiger partial charge is 0.322 e. The van der Waals surface area contributed by atoms with Gasteiger partial charge in [0, 0.05) is 16.9 Å². The lowest BCUT2D eigenvalue weighted by molar-refractivity contribution is 0.102. The number of hydrogen-bond donors (Lipinski definition) is 2. The molecule has 5 nitrogen and oxygen atoms in total. The molecule has 0 heterocycles. The maximum atomic E-state index is 13.3. The van der Waals surface area contributed by atoms with Gasteiger partial charge in [0.2, 0.25) is 0 Å². The van der Waals surface area contributed by atoms with E-state index in [-0.39, 0.29) is 4.90 Å². The lowest BCUT2D eigenvalue weighted by atomic mass is 10.1. The average Bonchev–Trinajstić information content (AvgIpc) is 2.80. The van der Waals surface area contributed by atoms with Crippen molar-refractivity contribution in [3.8, 4) is 11.1 Å². The van der Waals surface area contributed by atoms with Gasteiger partial charge in [-0.1, -0.05) is 48.5 Å². The number of rotatable bonds is 6. The number of carbonyl (C=O) groups is 1. The summed E-state index contributed by atoms with van der Waals surface area (Å²) in [5, 5.41) is 2.59. The number of anilines is 2. The molecule has 0 aliphatic rings. The van der Waals surface area contributed by atoms with Crippen molar-refractivity contribution in [2.24, 2.45) is 0 Å². The van der Waals surface area contributed by atoms with Crippen LogP contribution in [0, 0.1) is 5.82 Å². The molecular weight excluding hydrogens is 427 g/mol. The highest BCUT2D eigenvalue weighted by Gasteiger charge is 2.15. The van der Waals surface area contributed by atoms with Crippen molar-refractivity contribution < 1.29 is 17.6 Å². The molecule has 0 aliphatic carbocycles. The minimum atomic E-state index is -3.79. The van der Waals surface area contributed by atoms with Crippen molar-refractivity contribution in [2.45, 2.75) is 4.90 Å². The second kappa shape index (κ2) is 9.03. The molecule has 2 N–H and O–H groups in total. The molecular formula is C25H19FN2O3S. The molecule has 0 aromatic heterocycles. The summed E-state index contributed by atoms with van der Waals surface area (Å²) in [5.74, 6) is -0.883. The van der Waals surface area contributed by atoms with E-state index in [4.69, 9.17) is 0 Å². The van der Waals surface area contributed by atoms with Crippen LogP contribution in [0.3, 0.4) is 0 Å². The van der Waals surface area contributed by atoms with E-state index in [0.717, 1.165) is 11.1 Å². The van der Waals surface area contributed by atoms with Crippen LogP contribution >= 0.6 is 0 Å². The molecule has 0 fully saturated rings. The summed E-state index contributed by atoms with van der Waals surface area (Å²) >= 11 is 0. The predicted molar refractivity (Wildman–Crippen MR) is 123 cm³/mol. The van der Waals surface area contributed by atoms with Gasteiger partial charge in [0.25, 0.3) is 15.9 Å². The quantitative estimate of drug-likeness (QED) is 0.408. The van der Waals surface area contributed by atoms with Crippen molar-refractivity contribution in [1.82, 2.24) is 0 Å². The highest BCUT2D eigenvalue weighted by molar-refractivity contribution is 7.92. The molecule has 7 heteroatoms. The zero-order valence-electron chi connectivity index (χ0n) is 16.8. The number of amides is 1. The van der Waals surface area contributed by atoms with Gasteiger partial charge in [-0.25, -0.2) is 12.8 Å². The van der Waals surface area contributed by atoms with Gasteiger partial charge in [-0.15, -0.1) is 0 Å². The summed E-state index contributed by atoms with van der Waals surface area (Å²) in [4.78, 5) is 12.4. The summed E-state index contributed by atoms with van der Waals surface area (Å²) < 4.78 is 41.2. The lowest BCUT2D eigenvalue weighted by Crippen LogP contribution is -2.14. The Kier molecular flexibility index (Phi) is 6.00. The topological polar surface area (TPSA) is 75.3 Å². The number of nitrogens with one attached hydrogen (secondary N) is 2. The Labute approximate surface area is 185 Å². The monoisotopic (exact) mass is 446 g/mol. The molecule has 0 unspecified atom stereocenters. The van der Waals surface area contributed by atoms with Gasteiger partial charge in [-0.3, -0.25) is 9.52 Å². The maximum absolute atomic E-state index is 13.3. The molecule has 32 heavy (non-hydrogen) atoms. The van der Waals surface area contributed by atoms with E-state index in [1.807, 2.05) is 30.3 Å². The summed E-state index contributed by atoms with van der Waals surface area (Å²) in [6, 6.07) is 27.8. The fraction of sp³-hybridized carbons (Fsp3) is 0. The van der Waals surface area contributed by atoms with Gasteiger partial charge in [0.05, 0.1) is 4.90 Å². The van der Waals surface area contributed by atoms with Crippen molar-refractivity contribution in [3.05, 3.63) is 115 Å². The molecule has 4 aromatic carbocycles. The van der Waals surface area contributed by atoms with E-state index in [2.05, 4.69) is 10.0 Å². The normalized spacial score (nSPS) is 11.0. The summed E-state index contributed by atoms with van der Waals surface area (Å²) in [6.45, 7) is 0. The molecule has 4 aromatic rings. The zero-order valence-corrected chi connectivity index (χ0v) is 17.6. The first kappa shape index (κ1) is 21.3. The maximum Gasteiger partial charge on any atom is 0.261 e. The standard InChI is InChI=1S/C25H19FN2O3S/c26-21-7-4-8-23(17-21)27-25(29)20-9-13-22(14-10-20)28-32(30,31)24-15-11-19(12-16-24)18-5-2-1-3-6-18/h1-17,28H,(H,27,29). The second-order valence-electron chi connectivity index (χ2n) is 7.04. The molecule has 0 radical (unpaired) electrons. The first-order chi connectivity index (χ1) is 15.4. The molecule has 0 atom stereocenters. The van der Waals surface area contributed by atoms with Gasteiger partial charge < -0.3 is 5.32 Å².